The van der Waals surface area contributed by atoms with E-state index >= 15 is 0 Å². The first-order valence-corrected chi connectivity index (χ1v) is 7.06. The molecule has 110 valence electrons. The third kappa shape index (κ3) is 5.19. The summed E-state index contributed by atoms with van der Waals surface area (Å²) in [7, 11) is 0. The fraction of sp³-hybridized carbons (Fsp3) is 0.857. The molecule has 5 heteroatoms. The zero-order chi connectivity index (χ0) is 14.5. The lowest BCUT2D eigenvalue weighted by molar-refractivity contribution is -0.156. The fourth-order valence-electron chi connectivity index (χ4n) is 2.16. The first kappa shape index (κ1) is 16.0. The number of amides is 1. The third-order valence-electron chi connectivity index (χ3n) is 3.15. The van der Waals surface area contributed by atoms with Gasteiger partial charge in [-0.2, -0.15) is 0 Å². The zero-order valence-corrected chi connectivity index (χ0v) is 12.5. The third-order valence-corrected chi connectivity index (χ3v) is 3.15. The summed E-state index contributed by atoms with van der Waals surface area (Å²) in [6.07, 6.45) is 2.64. The highest BCUT2D eigenvalue weighted by molar-refractivity contribution is 5.85. The number of rotatable bonds is 4. The van der Waals surface area contributed by atoms with Gasteiger partial charge in [-0.1, -0.05) is 0 Å². The molecule has 1 aliphatic rings. The molecular weight excluding hydrogens is 244 g/mol. The summed E-state index contributed by atoms with van der Waals surface area (Å²) in [6, 6.07) is -0.400. The van der Waals surface area contributed by atoms with Crippen LogP contribution in [0, 0.1) is 0 Å². The zero-order valence-electron chi connectivity index (χ0n) is 12.5. The maximum absolute atomic E-state index is 12.2. The molecule has 0 aliphatic carbocycles. The van der Waals surface area contributed by atoms with Crippen LogP contribution < -0.4 is 5.32 Å². The van der Waals surface area contributed by atoms with Crippen molar-refractivity contribution in [2.45, 2.75) is 58.5 Å². The summed E-state index contributed by atoms with van der Waals surface area (Å²) >= 11 is 0. The molecule has 1 amide bonds. The highest BCUT2D eigenvalue weighted by atomic mass is 16.5. The van der Waals surface area contributed by atoms with Gasteiger partial charge in [-0.05, 0) is 47.0 Å². The van der Waals surface area contributed by atoms with Gasteiger partial charge in [0.05, 0.1) is 13.2 Å². The summed E-state index contributed by atoms with van der Waals surface area (Å²) in [5, 5.41) is 3.17. The lowest BCUT2D eigenvalue weighted by Gasteiger charge is -2.34. The normalized spacial score (nSPS) is 20.2. The van der Waals surface area contributed by atoms with Gasteiger partial charge in [0, 0.05) is 12.1 Å². The van der Waals surface area contributed by atoms with Gasteiger partial charge in [0.1, 0.15) is 6.04 Å². The number of esters is 1. The van der Waals surface area contributed by atoms with Crippen LogP contribution in [-0.4, -0.2) is 48.1 Å². The first-order valence-electron chi connectivity index (χ1n) is 7.06. The maximum Gasteiger partial charge on any atom is 0.328 e. The molecule has 0 aromatic heterocycles. The molecule has 1 unspecified atom stereocenters. The summed E-state index contributed by atoms with van der Waals surface area (Å²) in [5.74, 6) is -0.293. The molecule has 0 radical (unpaired) electrons. The fourth-order valence-corrected chi connectivity index (χ4v) is 2.16. The summed E-state index contributed by atoms with van der Waals surface area (Å²) in [6.45, 7) is 9.09. The van der Waals surface area contributed by atoms with Gasteiger partial charge >= 0.3 is 5.97 Å². The highest BCUT2D eigenvalue weighted by Crippen LogP contribution is 2.18. The van der Waals surface area contributed by atoms with Crippen molar-refractivity contribution in [1.82, 2.24) is 10.2 Å². The van der Waals surface area contributed by atoms with E-state index in [4.69, 9.17) is 4.74 Å². The Morgan fingerprint density at radius 1 is 1.32 bits per heavy atom. The number of hydrogen-bond acceptors (Lipinski definition) is 4. The van der Waals surface area contributed by atoms with Crippen molar-refractivity contribution in [2.75, 3.05) is 19.7 Å². The monoisotopic (exact) mass is 270 g/mol. The van der Waals surface area contributed by atoms with Crippen LogP contribution in [0.15, 0.2) is 0 Å². The van der Waals surface area contributed by atoms with Crippen LogP contribution in [-0.2, 0) is 14.3 Å². The molecule has 1 heterocycles. The first-order chi connectivity index (χ1) is 8.85. The number of hydrogen-bond donors (Lipinski definition) is 1. The molecule has 0 spiro atoms. The van der Waals surface area contributed by atoms with Crippen molar-refractivity contribution in [2.24, 2.45) is 0 Å². The standard InChI is InChI=1S/C14H26N2O3/c1-5-19-13(18)11-8-6-7-9-16(11)12(17)10-15-14(2,3)4/h11,15H,5-10H2,1-4H3. The van der Waals surface area contributed by atoms with Crippen molar-refractivity contribution in [3.05, 3.63) is 0 Å². The molecule has 0 bridgehead atoms. The van der Waals surface area contributed by atoms with Crippen LogP contribution in [0.4, 0.5) is 0 Å². The molecule has 0 saturated carbocycles. The van der Waals surface area contributed by atoms with Crippen molar-refractivity contribution in [1.29, 1.82) is 0 Å². The molecule has 0 aromatic rings. The molecule has 5 nitrogen and oxygen atoms in total. The smallest absolute Gasteiger partial charge is 0.328 e. The van der Waals surface area contributed by atoms with E-state index in [0.717, 1.165) is 12.8 Å². The van der Waals surface area contributed by atoms with Crippen molar-refractivity contribution in [3.63, 3.8) is 0 Å². The van der Waals surface area contributed by atoms with E-state index in [1.807, 2.05) is 20.8 Å². The summed E-state index contributed by atoms with van der Waals surface area (Å²) in [5.41, 5.74) is -0.106. The Hall–Kier alpha value is -1.10. The van der Waals surface area contributed by atoms with E-state index in [-0.39, 0.29) is 24.0 Å². The predicted molar refractivity (Wildman–Crippen MR) is 73.7 cm³/mol. The molecule has 1 rings (SSSR count). The van der Waals surface area contributed by atoms with Gasteiger partial charge in [0.2, 0.25) is 5.91 Å². The number of nitrogens with one attached hydrogen (secondary N) is 1. The Labute approximate surface area is 115 Å². The summed E-state index contributed by atoms with van der Waals surface area (Å²) in [4.78, 5) is 25.8. The minimum Gasteiger partial charge on any atom is -0.464 e. The lowest BCUT2D eigenvalue weighted by Crippen LogP contribution is -2.53. The molecule has 1 N–H and O–H groups in total. The topological polar surface area (TPSA) is 58.6 Å². The Bertz CT molecular complexity index is 323. The highest BCUT2D eigenvalue weighted by Gasteiger charge is 2.33. The Balaban J connectivity index is 2.61. The SMILES string of the molecule is CCOC(=O)C1CCCCN1C(=O)CNC(C)(C)C. The Kier molecular flexibility index (Phi) is 5.79. The second-order valence-corrected chi connectivity index (χ2v) is 5.95. The van der Waals surface area contributed by atoms with Crippen molar-refractivity contribution >= 4 is 11.9 Å². The number of piperidine rings is 1. The molecule has 19 heavy (non-hydrogen) atoms. The molecule has 1 saturated heterocycles. The maximum atomic E-state index is 12.2. The minimum atomic E-state index is -0.400. The van der Waals surface area contributed by atoms with Gasteiger partial charge in [-0.3, -0.25) is 4.79 Å². The van der Waals surface area contributed by atoms with Gasteiger partial charge < -0.3 is 15.0 Å². The van der Waals surface area contributed by atoms with Crippen LogP contribution in [0.2, 0.25) is 0 Å². The van der Waals surface area contributed by atoms with E-state index in [2.05, 4.69) is 5.32 Å². The number of carbonyl (C=O) groups is 2. The second kappa shape index (κ2) is 6.89. The van der Waals surface area contributed by atoms with Crippen LogP contribution >= 0.6 is 0 Å². The molecule has 0 aromatic carbocycles. The van der Waals surface area contributed by atoms with Crippen LogP contribution in [0.25, 0.3) is 0 Å². The van der Waals surface area contributed by atoms with Gasteiger partial charge in [-0.25, -0.2) is 4.79 Å². The van der Waals surface area contributed by atoms with Gasteiger partial charge in [0.25, 0.3) is 0 Å². The molecular formula is C14H26N2O3. The quantitative estimate of drug-likeness (QED) is 0.783. The van der Waals surface area contributed by atoms with Crippen molar-refractivity contribution in [3.8, 4) is 0 Å². The largest absolute Gasteiger partial charge is 0.464 e. The predicted octanol–water partition coefficient (Wildman–Crippen LogP) is 1.32. The van der Waals surface area contributed by atoms with E-state index < -0.39 is 6.04 Å². The van der Waals surface area contributed by atoms with Crippen molar-refractivity contribution < 1.29 is 14.3 Å². The summed E-state index contributed by atoms with van der Waals surface area (Å²) < 4.78 is 5.05. The Morgan fingerprint density at radius 2 is 2.00 bits per heavy atom. The van der Waals surface area contributed by atoms with E-state index in [1.54, 1.807) is 11.8 Å². The van der Waals surface area contributed by atoms with E-state index in [9.17, 15) is 9.59 Å². The van der Waals surface area contributed by atoms with Crippen LogP contribution in [0.3, 0.4) is 0 Å². The average Bonchev–Trinajstić information content (AvgIpc) is 2.35. The van der Waals surface area contributed by atoms with Crippen LogP contribution in [0.5, 0.6) is 0 Å². The number of ether oxygens (including phenoxy) is 1. The number of carbonyl (C=O) groups excluding carboxylic acids is 2. The molecule has 1 aliphatic heterocycles. The lowest BCUT2D eigenvalue weighted by atomic mass is 10.0. The second-order valence-electron chi connectivity index (χ2n) is 5.95. The van der Waals surface area contributed by atoms with Gasteiger partial charge in [-0.15, -0.1) is 0 Å². The molecule has 1 fully saturated rings. The van der Waals surface area contributed by atoms with Gasteiger partial charge in [0.15, 0.2) is 0 Å². The Morgan fingerprint density at radius 3 is 2.58 bits per heavy atom. The van der Waals surface area contributed by atoms with Crippen LogP contribution in [0.1, 0.15) is 47.0 Å². The number of likely N-dealkylation sites (tertiary alicyclic amines) is 1. The molecule has 1 atom stereocenters. The van der Waals surface area contributed by atoms with E-state index in [0.29, 0.717) is 19.6 Å². The minimum absolute atomic E-state index is 0.0207. The van der Waals surface area contributed by atoms with E-state index in [1.165, 1.54) is 0 Å². The average molecular weight is 270 g/mol. The number of nitrogens with zero attached hydrogens (tertiary/aromatic N) is 1.